The SMILES string of the molecule is CCOC(=O)C1CCC(Oc2ccc(N)c(F)c2)CC1. The maximum atomic E-state index is 13.3. The van der Waals surface area contributed by atoms with E-state index in [0.29, 0.717) is 12.4 Å². The number of nitrogens with two attached hydrogens (primary N) is 1. The number of hydrogen-bond acceptors (Lipinski definition) is 4. The lowest BCUT2D eigenvalue weighted by molar-refractivity contribution is -0.149. The van der Waals surface area contributed by atoms with Gasteiger partial charge in [0.05, 0.1) is 24.3 Å². The third-order valence-electron chi connectivity index (χ3n) is 3.57. The average molecular weight is 281 g/mol. The van der Waals surface area contributed by atoms with Crippen molar-refractivity contribution in [2.24, 2.45) is 5.92 Å². The summed E-state index contributed by atoms with van der Waals surface area (Å²) in [5.74, 6) is -0.138. The van der Waals surface area contributed by atoms with Gasteiger partial charge in [0.1, 0.15) is 11.6 Å². The van der Waals surface area contributed by atoms with Gasteiger partial charge in [-0.3, -0.25) is 4.79 Å². The summed E-state index contributed by atoms with van der Waals surface area (Å²) < 4.78 is 24.1. The number of hydrogen-bond donors (Lipinski definition) is 1. The minimum Gasteiger partial charge on any atom is -0.490 e. The second kappa shape index (κ2) is 6.59. The van der Waals surface area contributed by atoms with Crippen LogP contribution < -0.4 is 10.5 Å². The van der Waals surface area contributed by atoms with Crippen molar-refractivity contribution < 1.29 is 18.7 Å². The molecule has 0 atom stereocenters. The van der Waals surface area contributed by atoms with Crippen molar-refractivity contribution >= 4 is 11.7 Å². The summed E-state index contributed by atoms with van der Waals surface area (Å²) in [4.78, 5) is 11.6. The largest absolute Gasteiger partial charge is 0.490 e. The Hall–Kier alpha value is -1.78. The molecule has 0 saturated heterocycles. The van der Waals surface area contributed by atoms with E-state index in [4.69, 9.17) is 15.2 Å². The maximum absolute atomic E-state index is 13.3. The van der Waals surface area contributed by atoms with Gasteiger partial charge < -0.3 is 15.2 Å². The predicted octanol–water partition coefficient (Wildman–Crippen LogP) is 2.91. The van der Waals surface area contributed by atoms with Crippen LogP contribution in [0.15, 0.2) is 18.2 Å². The topological polar surface area (TPSA) is 61.5 Å². The number of anilines is 1. The zero-order valence-electron chi connectivity index (χ0n) is 11.6. The van der Waals surface area contributed by atoms with E-state index in [9.17, 15) is 9.18 Å². The molecule has 0 aliphatic heterocycles. The summed E-state index contributed by atoms with van der Waals surface area (Å²) in [6.45, 7) is 2.22. The van der Waals surface area contributed by atoms with Crippen LogP contribution in [-0.4, -0.2) is 18.7 Å². The van der Waals surface area contributed by atoms with Crippen molar-refractivity contribution in [2.75, 3.05) is 12.3 Å². The molecule has 1 aliphatic carbocycles. The summed E-state index contributed by atoms with van der Waals surface area (Å²) in [5.41, 5.74) is 5.53. The van der Waals surface area contributed by atoms with Crippen molar-refractivity contribution in [3.05, 3.63) is 24.0 Å². The van der Waals surface area contributed by atoms with Gasteiger partial charge in [0.15, 0.2) is 0 Å². The first kappa shape index (κ1) is 14.6. The van der Waals surface area contributed by atoms with Gasteiger partial charge in [0, 0.05) is 6.07 Å². The Morgan fingerprint density at radius 1 is 1.35 bits per heavy atom. The second-order valence-corrected chi connectivity index (χ2v) is 5.03. The van der Waals surface area contributed by atoms with Crippen molar-refractivity contribution in [3.8, 4) is 5.75 Å². The standard InChI is InChI=1S/C15H20FNO3/c1-2-19-15(18)10-3-5-11(6-4-10)20-12-7-8-14(17)13(16)9-12/h7-11H,2-6,17H2,1H3. The molecular formula is C15H20FNO3. The van der Waals surface area contributed by atoms with E-state index < -0.39 is 5.82 Å². The molecule has 0 bridgehead atoms. The molecule has 2 rings (SSSR count). The van der Waals surface area contributed by atoms with Crippen LogP contribution >= 0.6 is 0 Å². The third kappa shape index (κ3) is 3.62. The Balaban J connectivity index is 1.85. The fourth-order valence-corrected chi connectivity index (χ4v) is 2.45. The highest BCUT2D eigenvalue weighted by Gasteiger charge is 2.28. The van der Waals surface area contributed by atoms with Crippen LogP contribution in [0.1, 0.15) is 32.6 Å². The maximum Gasteiger partial charge on any atom is 0.308 e. The van der Waals surface area contributed by atoms with Gasteiger partial charge >= 0.3 is 5.97 Å². The van der Waals surface area contributed by atoms with E-state index in [-0.39, 0.29) is 23.7 Å². The molecule has 110 valence electrons. The van der Waals surface area contributed by atoms with Crippen LogP contribution in [0.3, 0.4) is 0 Å². The quantitative estimate of drug-likeness (QED) is 0.681. The first-order valence-corrected chi connectivity index (χ1v) is 6.98. The zero-order chi connectivity index (χ0) is 14.5. The number of esters is 1. The number of nitrogen functional groups attached to an aromatic ring is 1. The molecule has 0 amide bonds. The van der Waals surface area contributed by atoms with Crippen LogP contribution in [0.5, 0.6) is 5.75 Å². The second-order valence-electron chi connectivity index (χ2n) is 5.03. The van der Waals surface area contributed by atoms with Gasteiger partial charge in [0.2, 0.25) is 0 Å². The van der Waals surface area contributed by atoms with E-state index in [1.165, 1.54) is 12.1 Å². The fraction of sp³-hybridized carbons (Fsp3) is 0.533. The fourth-order valence-electron chi connectivity index (χ4n) is 2.45. The molecule has 2 N–H and O–H groups in total. The molecule has 0 aromatic heterocycles. The Kier molecular flexibility index (Phi) is 4.82. The summed E-state index contributed by atoms with van der Waals surface area (Å²) in [6, 6.07) is 4.46. The first-order valence-electron chi connectivity index (χ1n) is 6.98. The van der Waals surface area contributed by atoms with E-state index in [2.05, 4.69) is 0 Å². The lowest BCUT2D eigenvalue weighted by atomic mass is 9.87. The summed E-state index contributed by atoms with van der Waals surface area (Å²) in [5, 5.41) is 0. The number of halogens is 1. The number of benzene rings is 1. The Bertz CT molecular complexity index is 470. The molecule has 5 heteroatoms. The lowest BCUT2D eigenvalue weighted by Gasteiger charge is -2.27. The van der Waals surface area contributed by atoms with Gasteiger partial charge in [-0.2, -0.15) is 0 Å². The zero-order valence-corrected chi connectivity index (χ0v) is 11.6. The number of ether oxygens (including phenoxy) is 2. The molecule has 0 radical (unpaired) electrons. The van der Waals surface area contributed by atoms with Crippen LogP contribution in [0.25, 0.3) is 0 Å². The molecule has 1 saturated carbocycles. The van der Waals surface area contributed by atoms with Crippen molar-refractivity contribution in [1.82, 2.24) is 0 Å². The molecule has 0 heterocycles. The van der Waals surface area contributed by atoms with Gasteiger partial charge in [-0.15, -0.1) is 0 Å². The normalized spacial score (nSPS) is 22.3. The van der Waals surface area contributed by atoms with Crippen LogP contribution in [0, 0.1) is 11.7 Å². The van der Waals surface area contributed by atoms with Gasteiger partial charge in [-0.25, -0.2) is 4.39 Å². The molecule has 1 aromatic carbocycles. The first-order chi connectivity index (χ1) is 9.60. The molecule has 1 aromatic rings. The van der Waals surface area contributed by atoms with Crippen LogP contribution in [-0.2, 0) is 9.53 Å². The number of carbonyl (C=O) groups excluding carboxylic acids is 1. The molecule has 0 spiro atoms. The Labute approximate surface area is 118 Å². The predicted molar refractivity (Wildman–Crippen MR) is 73.8 cm³/mol. The van der Waals surface area contributed by atoms with Gasteiger partial charge in [-0.1, -0.05) is 0 Å². The summed E-state index contributed by atoms with van der Waals surface area (Å²) in [6.07, 6.45) is 3.07. The van der Waals surface area contributed by atoms with E-state index in [1.54, 1.807) is 6.07 Å². The van der Waals surface area contributed by atoms with Gasteiger partial charge in [0.25, 0.3) is 0 Å². The van der Waals surface area contributed by atoms with Gasteiger partial charge in [-0.05, 0) is 44.7 Å². The molecule has 1 fully saturated rings. The van der Waals surface area contributed by atoms with E-state index in [0.717, 1.165) is 25.7 Å². The Morgan fingerprint density at radius 2 is 2.05 bits per heavy atom. The lowest BCUT2D eigenvalue weighted by Crippen LogP contribution is -2.29. The molecule has 20 heavy (non-hydrogen) atoms. The van der Waals surface area contributed by atoms with E-state index in [1.807, 2.05) is 6.92 Å². The van der Waals surface area contributed by atoms with Crippen molar-refractivity contribution in [1.29, 1.82) is 0 Å². The molecule has 1 aliphatic rings. The minimum absolute atomic E-state index is 0.0173. The monoisotopic (exact) mass is 281 g/mol. The summed E-state index contributed by atoms with van der Waals surface area (Å²) in [7, 11) is 0. The number of rotatable bonds is 4. The number of carbonyl (C=O) groups is 1. The summed E-state index contributed by atoms with van der Waals surface area (Å²) >= 11 is 0. The van der Waals surface area contributed by atoms with Crippen molar-refractivity contribution in [2.45, 2.75) is 38.7 Å². The Morgan fingerprint density at radius 3 is 2.65 bits per heavy atom. The minimum atomic E-state index is -0.470. The molecule has 0 unspecified atom stereocenters. The average Bonchev–Trinajstić information content (AvgIpc) is 2.44. The van der Waals surface area contributed by atoms with Crippen LogP contribution in [0.4, 0.5) is 10.1 Å². The molecule has 4 nitrogen and oxygen atoms in total. The molecular weight excluding hydrogens is 261 g/mol. The van der Waals surface area contributed by atoms with Crippen molar-refractivity contribution in [3.63, 3.8) is 0 Å². The smallest absolute Gasteiger partial charge is 0.308 e. The highest BCUT2D eigenvalue weighted by Crippen LogP contribution is 2.29. The third-order valence-corrected chi connectivity index (χ3v) is 3.57. The highest BCUT2D eigenvalue weighted by molar-refractivity contribution is 5.72. The van der Waals surface area contributed by atoms with Crippen LogP contribution in [0.2, 0.25) is 0 Å². The van der Waals surface area contributed by atoms with E-state index >= 15 is 0 Å². The highest BCUT2D eigenvalue weighted by atomic mass is 19.1.